The Kier molecular flexibility index (Phi) is 5.88. The van der Waals surface area contributed by atoms with Crippen molar-refractivity contribution in [2.75, 3.05) is 4.90 Å². The summed E-state index contributed by atoms with van der Waals surface area (Å²) in [5.41, 5.74) is 5.38. The van der Waals surface area contributed by atoms with Gasteiger partial charge in [-0.2, -0.15) is 0 Å². The third kappa shape index (κ3) is 3.89. The molecular weight excluding hydrogens is 548 g/mol. The van der Waals surface area contributed by atoms with Crippen molar-refractivity contribution >= 4 is 54.9 Å². The van der Waals surface area contributed by atoms with Gasteiger partial charge >= 0.3 is 0 Å². The minimum atomic E-state index is -0.0894. The monoisotopic (exact) mass is 566 g/mol. The summed E-state index contributed by atoms with van der Waals surface area (Å²) >= 11 is 13.1. The van der Waals surface area contributed by atoms with Crippen molar-refractivity contribution in [1.29, 1.82) is 0 Å². The first-order chi connectivity index (χ1) is 15.5. The van der Waals surface area contributed by atoms with Gasteiger partial charge in [-0.15, -0.1) is 0 Å². The highest BCUT2D eigenvalue weighted by Gasteiger charge is 2.42. The number of pyridine rings is 1. The van der Waals surface area contributed by atoms with Gasteiger partial charge in [0.1, 0.15) is 6.04 Å². The van der Waals surface area contributed by atoms with Gasteiger partial charge in [-0.25, -0.2) is 0 Å². The quantitative estimate of drug-likeness (QED) is 0.272. The Balaban J connectivity index is 1.68. The zero-order valence-electron chi connectivity index (χ0n) is 17.2. The topological polar surface area (TPSA) is 33.1 Å². The maximum atomic E-state index is 5.87. The first-order valence-corrected chi connectivity index (χ1v) is 12.2. The average Bonchev–Trinajstić information content (AvgIpc) is 3.40. The fourth-order valence-corrected chi connectivity index (χ4v) is 5.19. The van der Waals surface area contributed by atoms with E-state index in [0.717, 1.165) is 37.3 Å². The van der Waals surface area contributed by atoms with Crippen molar-refractivity contribution in [3.8, 4) is 5.69 Å². The minimum absolute atomic E-state index is 0.0769. The van der Waals surface area contributed by atoms with Crippen LogP contribution in [0.1, 0.15) is 29.0 Å². The molecular formula is C25H20Br2N4S. The Bertz CT molecular complexity index is 1290. The number of benzene rings is 2. The number of nitrogens with one attached hydrogen (secondary N) is 1. The van der Waals surface area contributed by atoms with Crippen LogP contribution in [0.15, 0.2) is 94.1 Å². The van der Waals surface area contributed by atoms with Crippen molar-refractivity contribution in [1.82, 2.24) is 14.9 Å². The van der Waals surface area contributed by atoms with Crippen LogP contribution in [0.2, 0.25) is 0 Å². The smallest absolute Gasteiger partial charge is 0.174 e. The second kappa shape index (κ2) is 8.81. The minimum Gasteiger partial charge on any atom is -0.351 e. The second-order valence-electron chi connectivity index (χ2n) is 7.71. The predicted octanol–water partition coefficient (Wildman–Crippen LogP) is 6.88. The Morgan fingerprint density at radius 3 is 2.56 bits per heavy atom. The van der Waals surface area contributed by atoms with Crippen molar-refractivity contribution in [3.63, 3.8) is 0 Å². The average molecular weight is 568 g/mol. The first kappa shape index (κ1) is 21.4. The molecule has 2 aromatic carbocycles. The lowest BCUT2D eigenvalue weighted by molar-refractivity contribution is 0.549. The third-order valence-corrected chi connectivity index (χ3v) is 7.39. The molecule has 1 N–H and O–H groups in total. The molecule has 0 radical (unpaired) electrons. The van der Waals surface area contributed by atoms with Crippen molar-refractivity contribution in [2.45, 2.75) is 19.0 Å². The molecule has 0 aliphatic carbocycles. The van der Waals surface area contributed by atoms with Gasteiger partial charge in [-0.05, 0) is 85.4 Å². The molecule has 32 heavy (non-hydrogen) atoms. The van der Waals surface area contributed by atoms with Gasteiger partial charge in [0.05, 0.1) is 11.7 Å². The summed E-state index contributed by atoms with van der Waals surface area (Å²) in [6.07, 6.45) is 3.93. The number of aromatic nitrogens is 2. The number of hydrogen-bond acceptors (Lipinski definition) is 2. The van der Waals surface area contributed by atoms with Crippen LogP contribution >= 0.6 is 44.1 Å². The lowest BCUT2D eigenvalue weighted by atomic mass is 10.0. The van der Waals surface area contributed by atoms with E-state index in [4.69, 9.17) is 12.2 Å². The number of hydrogen-bond donors (Lipinski definition) is 1. The highest BCUT2D eigenvalue weighted by molar-refractivity contribution is 9.10. The number of anilines is 1. The van der Waals surface area contributed by atoms with Crippen LogP contribution in [0.25, 0.3) is 5.69 Å². The van der Waals surface area contributed by atoms with Crippen LogP contribution in [0.3, 0.4) is 0 Å². The van der Waals surface area contributed by atoms with E-state index < -0.39 is 0 Å². The normalized spacial score (nSPS) is 18.1. The van der Waals surface area contributed by atoms with Crippen LogP contribution in [-0.4, -0.2) is 14.7 Å². The maximum Gasteiger partial charge on any atom is 0.174 e. The molecule has 0 amide bonds. The fourth-order valence-electron chi connectivity index (χ4n) is 4.21. The lowest BCUT2D eigenvalue weighted by Gasteiger charge is -2.29. The molecule has 2 aromatic heterocycles. The van der Waals surface area contributed by atoms with Crippen molar-refractivity contribution in [2.24, 2.45) is 0 Å². The molecule has 5 rings (SSSR count). The molecule has 0 unspecified atom stereocenters. The SMILES string of the molecule is Cc1cc(N2C(=S)N[C@@H](c3ccccn3)[C@@H]2c2cccn2-c2cccc(Br)c2)ccc1Br. The van der Waals surface area contributed by atoms with Crippen molar-refractivity contribution in [3.05, 3.63) is 111 Å². The molecule has 160 valence electrons. The van der Waals surface area contributed by atoms with Crippen molar-refractivity contribution < 1.29 is 0 Å². The number of nitrogens with zero attached hydrogens (tertiary/aromatic N) is 3. The summed E-state index contributed by atoms with van der Waals surface area (Å²) in [6.45, 7) is 2.09. The Morgan fingerprint density at radius 1 is 0.938 bits per heavy atom. The zero-order chi connectivity index (χ0) is 22.2. The molecule has 0 spiro atoms. The number of rotatable bonds is 4. The van der Waals surface area contributed by atoms with E-state index in [1.807, 2.05) is 30.5 Å². The number of aryl methyl sites for hydroxylation is 1. The van der Waals surface area contributed by atoms with E-state index >= 15 is 0 Å². The lowest BCUT2D eigenvalue weighted by Crippen LogP contribution is -2.30. The Hall–Kier alpha value is -2.48. The van der Waals surface area contributed by atoms with Crippen LogP contribution in [0.4, 0.5) is 5.69 Å². The van der Waals surface area contributed by atoms with E-state index in [1.165, 1.54) is 0 Å². The van der Waals surface area contributed by atoms with E-state index in [9.17, 15) is 0 Å². The van der Waals surface area contributed by atoms with Gasteiger partial charge in [0.25, 0.3) is 0 Å². The van der Waals surface area contributed by atoms with Crippen LogP contribution in [0, 0.1) is 6.92 Å². The third-order valence-electron chi connectivity index (χ3n) is 5.69. The number of thiocarbonyl (C=S) groups is 1. The molecule has 1 aliphatic heterocycles. The Labute approximate surface area is 209 Å². The summed E-state index contributed by atoms with van der Waals surface area (Å²) in [7, 11) is 0. The van der Waals surface area contributed by atoms with Gasteiger partial charge in [0.2, 0.25) is 0 Å². The molecule has 4 aromatic rings. The van der Waals surface area contributed by atoms with E-state index in [2.05, 4.69) is 113 Å². The summed E-state index contributed by atoms with van der Waals surface area (Å²) in [6, 6.07) is 24.7. The highest BCUT2D eigenvalue weighted by Crippen LogP contribution is 2.42. The molecule has 4 nitrogen and oxygen atoms in total. The first-order valence-electron chi connectivity index (χ1n) is 10.2. The van der Waals surface area contributed by atoms with Gasteiger partial charge in [-0.3, -0.25) is 4.98 Å². The molecule has 2 atom stereocenters. The molecule has 7 heteroatoms. The largest absolute Gasteiger partial charge is 0.351 e. The molecule has 1 aliphatic rings. The molecule has 3 heterocycles. The van der Waals surface area contributed by atoms with Crippen LogP contribution in [0.5, 0.6) is 0 Å². The van der Waals surface area contributed by atoms with Crippen LogP contribution < -0.4 is 10.2 Å². The standard InChI is InChI=1S/C25H20Br2N4S/c1-16-14-19(10-11-20(16)27)31-24(23(29-25(31)32)21-8-2-3-12-28-21)22-9-5-13-30(22)18-7-4-6-17(26)15-18/h2-15,23-24H,1H3,(H,29,32)/t23-,24-/m0/s1. The molecule has 0 saturated carbocycles. The summed E-state index contributed by atoms with van der Waals surface area (Å²) in [4.78, 5) is 6.86. The van der Waals surface area contributed by atoms with E-state index in [-0.39, 0.29) is 12.1 Å². The molecule has 0 bridgehead atoms. The second-order valence-corrected chi connectivity index (χ2v) is 9.87. The van der Waals surface area contributed by atoms with E-state index in [0.29, 0.717) is 5.11 Å². The maximum absolute atomic E-state index is 5.87. The summed E-state index contributed by atoms with van der Waals surface area (Å²) in [5, 5.41) is 4.23. The highest BCUT2D eigenvalue weighted by atomic mass is 79.9. The predicted molar refractivity (Wildman–Crippen MR) is 140 cm³/mol. The molecule has 1 saturated heterocycles. The van der Waals surface area contributed by atoms with Gasteiger partial charge in [-0.1, -0.05) is 44.0 Å². The number of halogens is 2. The van der Waals surface area contributed by atoms with Gasteiger partial charge in [0, 0.05) is 38.4 Å². The fraction of sp³-hybridized carbons (Fsp3) is 0.120. The van der Waals surface area contributed by atoms with Gasteiger partial charge < -0.3 is 14.8 Å². The Morgan fingerprint density at radius 2 is 1.81 bits per heavy atom. The summed E-state index contributed by atoms with van der Waals surface area (Å²) < 4.78 is 4.34. The zero-order valence-corrected chi connectivity index (χ0v) is 21.2. The van der Waals surface area contributed by atoms with Crippen LogP contribution in [-0.2, 0) is 0 Å². The van der Waals surface area contributed by atoms with E-state index in [1.54, 1.807) is 0 Å². The summed E-state index contributed by atoms with van der Waals surface area (Å²) in [5.74, 6) is 0. The van der Waals surface area contributed by atoms with Gasteiger partial charge in [0.15, 0.2) is 5.11 Å². The molecule has 1 fully saturated rings.